The summed E-state index contributed by atoms with van der Waals surface area (Å²) in [6.45, 7) is 0. The molecule has 1 N–H and O–H groups in total. The number of nitrogens with zero attached hydrogens (tertiary/aromatic N) is 1. The molecule has 4 heteroatoms. The van der Waals surface area contributed by atoms with Crippen molar-refractivity contribution in [1.29, 1.82) is 0 Å². The molecular formula is C16H22N2O2. The van der Waals surface area contributed by atoms with Crippen LogP contribution >= 0.6 is 0 Å². The van der Waals surface area contributed by atoms with Crippen LogP contribution in [0.5, 0.6) is 0 Å². The van der Waals surface area contributed by atoms with Crippen molar-refractivity contribution in [1.82, 2.24) is 5.32 Å². The van der Waals surface area contributed by atoms with Gasteiger partial charge in [-0.15, -0.1) is 0 Å². The van der Waals surface area contributed by atoms with Gasteiger partial charge < -0.3 is 15.0 Å². The number of fused-ring (bicyclic) bond motifs is 1. The van der Waals surface area contributed by atoms with Crippen LogP contribution in [0.2, 0.25) is 0 Å². The van der Waals surface area contributed by atoms with Gasteiger partial charge in [-0.25, -0.2) is 0 Å². The van der Waals surface area contributed by atoms with Crippen LogP contribution in [-0.4, -0.2) is 32.2 Å². The third-order valence-electron chi connectivity index (χ3n) is 4.60. The minimum absolute atomic E-state index is 0.107. The molecule has 1 aromatic carbocycles. The summed E-state index contributed by atoms with van der Waals surface area (Å²) in [6.07, 6.45) is 4.23. The summed E-state index contributed by atoms with van der Waals surface area (Å²) in [5.74, 6) is 0.174. The van der Waals surface area contributed by atoms with Gasteiger partial charge in [0, 0.05) is 38.3 Å². The molecule has 1 aliphatic carbocycles. The number of rotatable bonds is 3. The largest absolute Gasteiger partial charge is 0.380 e. The standard InChI is InChI=1S/C16H22N2O2/c1-18-14-8-4-3-6-11(14)13(10-16(18)19)17-12-7-5-9-15(12)20-2/h3-4,6,8,12-13,15,17H,5,7,9-10H2,1-2H3. The molecule has 4 nitrogen and oxygen atoms in total. The zero-order chi connectivity index (χ0) is 14.1. The normalized spacial score (nSPS) is 29.6. The summed E-state index contributed by atoms with van der Waals surface area (Å²) < 4.78 is 5.54. The van der Waals surface area contributed by atoms with Gasteiger partial charge in [0.05, 0.1) is 6.10 Å². The lowest BCUT2D eigenvalue weighted by Gasteiger charge is -2.34. The Morgan fingerprint density at radius 1 is 1.30 bits per heavy atom. The number of anilines is 1. The van der Waals surface area contributed by atoms with Crippen LogP contribution in [0, 0.1) is 0 Å². The van der Waals surface area contributed by atoms with E-state index in [9.17, 15) is 4.79 Å². The molecule has 1 fully saturated rings. The number of hydrogen-bond donors (Lipinski definition) is 1. The van der Waals surface area contributed by atoms with Gasteiger partial charge in [-0.1, -0.05) is 18.2 Å². The molecule has 0 radical (unpaired) electrons. The third kappa shape index (κ3) is 2.34. The van der Waals surface area contributed by atoms with Crippen molar-refractivity contribution < 1.29 is 9.53 Å². The number of carbonyl (C=O) groups is 1. The van der Waals surface area contributed by atoms with Crippen LogP contribution in [0.3, 0.4) is 0 Å². The second kappa shape index (κ2) is 5.54. The number of nitrogens with one attached hydrogen (secondary N) is 1. The number of amides is 1. The summed E-state index contributed by atoms with van der Waals surface area (Å²) in [5.41, 5.74) is 2.24. The lowest BCUT2D eigenvalue weighted by Crippen LogP contribution is -2.44. The number of ether oxygens (including phenoxy) is 1. The van der Waals surface area contributed by atoms with Crippen molar-refractivity contribution in [3.8, 4) is 0 Å². The molecule has 0 spiro atoms. The molecule has 1 aliphatic heterocycles. The van der Waals surface area contributed by atoms with Crippen molar-refractivity contribution in [2.75, 3.05) is 19.1 Å². The van der Waals surface area contributed by atoms with E-state index >= 15 is 0 Å². The highest BCUT2D eigenvalue weighted by Crippen LogP contribution is 2.35. The monoisotopic (exact) mass is 274 g/mol. The van der Waals surface area contributed by atoms with E-state index in [4.69, 9.17) is 4.74 Å². The minimum Gasteiger partial charge on any atom is -0.380 e. The van der Waals surface area contributed by atoms with Gasteiger partial charge >= 0.3 is 0 Å². The van der Waals surface area contributed by atoms with Gasteiger partial charge in [0.2, 0.25) is 5.91 Å². The smallest absolute Gasteiger partial charge is 0.228 e. The predicted molar refractivity (Wildman–Crippen MR) is 78.8 cm³/mol. The van der Waals surface area contributed by atoms with Crippen LogP contribution in [0.15, 0.2) is 24.3 Å². The zero-order valence-corrected chi connectivity index (χ0v) is 12.1. The number of methoxy groups -OCH3 is 1. The van der Waals surface area contributed by atoms with E-state index in [2.05, 4.69) is 11.4 Å². The highest BCUT2D eigenvalue weighted by molar-refractivity contribution is 5.96. The van der Waals surface area contributed by atoms with Crippen LogP contribution in [0.1, 0.15) is 37.3 Å². The molecule has 1 aromatic rings. The van der Waals surface area contributed by atoms with E-state index < -0.39 is 0 Å². The van der Waals surface area contributed by atoms with Crippen LogP contribution in [0.25, 0.3) is 0 Å². The van der Waals surface area contributed by atoms with E-state index in [0.29, 0.717) is 12.5 Å². The van der Waals surface area contributed by atoms with Crippen molar-refractivity contribution in [2.24, 2.45) is 0 Å². The first-order valence-corrected chi connectivity index (χ1v) is 7.35. The van der Waals surface area contributed by atoms with Gasteiger partial charge in [-0.3, -0.25) is 4.79 Å². The van der Waals surface area contributed by atoms with Gasteiger partial charge in [0.15, 0.2) is 0 Å². The fourth-order valence-electron chi connectivity index (χ4n) is 3.45. The molecule has 1 heterocycles. The lowest BCUT2D eigenvalue weighted by atomic mass is 9.95. The summed E-state index contributed by atoms with van der Waals surface area (Å²) in [4.78, 5) is 13.9. The number of benzene rings is 1. The van der Waals surface area contributed by atoms with E-state index in [1.165, 1.54) is 12.0 Å². The first-order valence-electron chi connectivity index (χ1n) is 7.35. The molecule has 1 saturated carbocycles. The Morgan fingerprint density at radius 3 is 2.90 bits per heavy atom. The average molecular weight is 274 g/mol. The first-order chi connectivity index (χ1) is 9.70. The molecule has 2 aliphatic rings. The molecule has 3 atom stereocenters. The molecule has 1 amide bonds. The van der Waals surface area contributed by atoms with Crippen molar-refractivity contribution >= 4 is 11.6 Å². The fourth-order valence-corrected chi connectivity index (χ4v) is 3.45. The average Bonchev–Trinajstić information content (AvgIpc) is 2.92. The fraction of sp³-hybridized carbons (Fsp3) is 0.562. The maximum Gasteiger partial charge on any atom is 0.228 e. The number of carbonyl (C=O) groups excluding carboxylic acids is 1. The number of hydrogen-bond acceptors (Lipinski definition) is 3. The Hall–Kier alpha value is -1.39. The zero-order valence-electron chi connectivity index (χ0n) is 12.1. The quantitative estimate of drug-likeness (QED) is 0.919. The van der Waals surface area contributed by atoms with Crippen molar-refractivity contribution in [2.45, 2.75) is 43.9 Å². The van der Waals surface area contributed by atoms with E-state index in [1.807, 2.05) is 25.2 Å². The summed E-state index contributed by atoms with van der Waals surface area (Å²) in [6, 6.07) is 8.62. The van der Waals surface area contributed by atoms with Crippen LogP contribution in [-0.2, 0) is 9.53 Å². The van der Waals surface area contributed by atoms with E-state index in [0.717, 1.165) is 18.5 Å². The van der Waals surface area contributed by atoms with Gasteiger partial charge in [0.25, 0.3) is 0 Å². The van der Waals surface area contributed by atoms with Crippen molar-refractivity contribution in [3.05, 3.63) is 29.8 Å². The summed E-state index contributed by atoms with van der Waals surface area (Å²) >= 11 is 0. The first kappa shape index (κ1) is 13.6. The molecule has 20 heavy (non-hydrogen) atoms. The molecule has 3 unspecified atom stereocenters. The van der Waals surface area contributed by atoms with Crippen LogP contribution < -0.4 is 10.2 Å². The Labute approximate surface area is 120 Å². The molecule has 0 aromatic heterocycles. The van der Waals surface area contributed by atoms with Gasteiger partial charge in [-0.05, 0) is 30.9 Å². The van der Waals surface area contributed by atoms with Gasteiger partial charge in [0.1, 0.15) is 0 Å². The molecule has 0 saturated heterocycles. The second-order valence-electron chi connectivity index (χ2n) is 5.75. The molecule has 0 bridgehead atoms. The maximum atomic E-state index is 12.1. The molecule has 3 rings (SSSR count). The topological polar surface area (TPSA) is 41.6 Å². The number of para-hydroxylation sites is 1. The van der Waals surface area contributed by atoms with Crippen LogP contribution in [0.4, 0.5) is 5.69 Å². The van der Waals surface area contributed by atoms with Gasteiger partial charge in [-0.2, -0.15) is 0 Å². The summed E-state index contributed by atoms with van der Waals surface area (Å²) in [7, 11) is 3.63. The molecular weight excluding hydrogens is 252 g/mol. The Kier molecular flexibility index (Phi) is 3.76. The molecule has 108 valence electrons. The Balaban J connectivity index is 1.83. The lowest BCUT2D eigenvalue weighted by molar-refractivity contribution is -0.119. The SMILES string of the molecule is COC1CCCC1NC1CC(=O)N(C)c2ccccc21. The van der Waals surface area contributed by atoms with Crippen molar-refractivity contribution in [3.63, 3.8) is 0 Å². The highest BCUT2D eigenvalue weighted by atomic mass is 16.5. The minimum atomic E-state index is 0.107. The predicted octanol–water partition coefficient (Wildman–Crippen LogP) is 2.25. The maximum absolute atomic E-state index is 12.1. The summed E-state index contributed by atoms with van der Waals surface area (Å²) in [5, 5.41) is 3.65. The Bertz CT molecular complexity index is 503. The van der Waals surface area contributed by atoms with E-state index in [1.54, 1.807) is 12.0 Å². The second-order valence-corrected chi connectivity index (χ2v) is 5.75. The van der Waals surface area contributed by atoms with E-state index in [-0.39, 0.29) is 18.1 Å². The highest BCUT2D eigenvalue weighted by Gasteiger charge is 2.34. The third-order valence-corrected chi connectivity index (χ3v) is 4.60. The Morgan fingerprint density at radius 2 is 2.10 bits per heavy atom.